The van der Waals surface area contributed by atoms with Crippen LogP contribution in [0.2, 0.25) is 0 Å². The van der Waals surface area contributed by atoms with E-state index in [9.17, 15) is 40.5 Å². The number of ether oxygens (including phenoxy) is 4. The van der Waals surface area contributed by atoms with Crippen molar-refractivity contribution in [2.24, 2.45) is 5.41 Å². The van der Waals surface area contributed by atoms with Gasteiger partial charge < -0.3 is 54.7 Å². The Kier molecular flexibility index (Phi) is 8.80. The summed E-state index contributed by atoms with van der Waals surface area (Å²) in [7, 11) is 0. The lowest BCUT2D eigenvalue weighted by Gasteiger charge is -2.44. The monoisotopic (exact) mass is 518 g/mol. The van der Waals surface area contributed by atoms with Crippen molar-refractivity contribution in [2.45, 2.75) is 94.5 Å². The van der Waals surface area contributed by atoms with Gasteiger partial charge in [0.2, 0.25) is 0 Å². The molecule has 0 bridgehead atoms. The van der Waals surface area contributed by atoms with Crippen LogP contribution in [-0.4, -0.2) is 122 Å². The maximum absolute atomic E-state index is 11.9. The maximum Gasteiger partial charge on any atom is 0.187 e. The summed E-state index contributed by atoms with van der Waals surface area (Å²) in [6.07, 6.45) is -6.34. The normalized spacial score (nSPS) is 44.1. The highest BCUT2D eigenvalue weighted by Crippen LogP contribution is 2.44. The molecule has 0 saturated carbocycles. The molecule has 2 saturated heterocycles. The van der Waals surface area contributed by atoms with Gasteiger partial charge in [-0.15, -0.1) is 0 Å². The summed E-state index contributed by atoms with van der Waals surface area (Å²) in [5, 5.41) is 71.6. The molecule has 3 rings (SSSR count). The molecule has 12 heteroatoms. The van der Waals surface area contributed by atoms with Gasteiger partial charge in [0.15, 0.2) is 18.4 Å². The van der Waals surface area contributed by atoms with E-state index in [1.165, 1.54) is 12.2 Å². The van der Waals surface area contributed by atoms with Crippen LogP contribution in [0.5, 0.6) is 0 Å². The largest absolute Gasteiger partial charge is 0.393 e. The number of hydrogen-bond donors (Lipinski definition) is 7. The van der Waals surface area contributed by atoms with Crippen molar-refractivity contribution in [2.75, 3.05) is 19.8 Å². The van der Waals surface area contributed by atoms with Crippen LogP contribution in [0.1, 0.15) is 34.1 Å². The molecule has 2 unspecified atom stereocenters. The van der Waals surface area contributed by atoms with Crippen LogP contribution < -0.4 is 0 Å². The first-order valence-electron chi connectivity index (χ1n) is 11.9. The molecule has 0 aromatic heterocycles. The summed E-state index contributed by atoms with van der Waals surface area (Å²) in [4.78, 5) is 11.9. The number of hydrogen-bond acceptors (Lipinski definition) is 12. The van der Waals surface area contributed by atoms with Crippen LogP contribution in [0.15, 0.2) is 23.8 Å². The number of carbonyl (C=O) groups excluding carboxylic acids is 1. The third-order valence-electron chi connectivity index (χ3n) is 7.26. The Labute approximate surface area is 209 Å². The van der Waals surface area contributed by atoms with Gasteiger partial charge in [0.05, 0.1) is 25.9 Å². The van der Waals surface area contributed by atoms with E-state index in [2.05, 4.69) is 0 Å². The molecule has 7 N–H and O–H groups in total. The van der Waals surface area contributed by atoms with Gasteiger partial charge in [0, 0.05) is 11.8 Å². The van der Waals surface area contributed by atoms with Crippen LogP contribution in [0.3, 0.4) is 0 Å². The fraction of sp³-hybridized carbons (Fsp3) is 0.792. The second-order valence-corrected chi connectivity index (χ2v) is 10.6. The van der Waals surface area contributed by atoms with Crippen molar-refractivity contribution in [3.63, 3.8) is 0 Å². The van der Waals surface area contributed by atoms with Gasteiger partial charge in [0.1, 0.15) is 41.7 Å². The Bertz CT molecular complexity index is 858. The fourth-order valence-corrected chi connectivity index (χ4v) is 4.69. The molecule has 0 aromatic carbocycles. The van der Waals surface area contributed by atoms with Crippen molar-refractivity contribution in [3.05, 3.63) is 23.8 Å². The fourth-order valence-electron chi connectivity index (χ4n) is 4.69. The van der Waals surface area contributed by atoms with E-state index in [4.69, 9.17) is 18.9 Å². The Morgan fingerprint density at radius 2 is 1.81 bits per heavy atom. The average Bonchev–Trinajstić information content (AvgIpc) is 3.09. The number of ketones is 1. The standard InChI is InChI=1S/C24H38O12/c1-12-7-14(26)8-22(3,4)24(12,32)6-5-13(2)35-20-18(29)17(28)16(27)15(36-20)9-33-21-19(30)23(31,10-25)11-34-21/h5-7,13,15-21,25,27-32H,8-11H2,1-4H3/b6-5+/t13?,15-,16-,17+,18-,19+,20-,21-,23-,24?/m1/s1. The molecule has 1 aliphatic carbocycles. The van der Waals surface area contributed by atoms with E-state index >= 15 is 0 Å². The second kappa shape index (κ2) is 10.8. The Balaban J connectivity index is 1.64. The molecule has 0 spiro atoms. The van der Waals surface area contributed by atoms with Gasteiger partial charge in [-0.05, 0) is 31.6 Å². The number of aliphatic hydroxyl groups excluding tert-OH is 5. The summed E-state index contributed by atoms with van der Waals surface area (Å²) in [6, 6.07) is 0. The summed E-state index contributed by atoms with van der Waals surface area (Å²) >= 11 is 0. The molecule has 0 amide bonds. The van der Waals surface area contributed by atoms with Gasteiger partial charge in [-0.1, -0.05) is 19.9 Å². The molecule has 10 atom stereocenters. The minimum atomic E-state index is -1.89. The van der Waals surface area contributed by atoms with Gasteiger partial charge in [-0.25, -0.2) is 0 Å². The topological polar surface area (TPSA) is 196 Å². The number of allylic oxidation sites excluding steroid dienone is 1. The van der Waals surface area contributed by atoms with Gasteiger partial charge >= 0.3 is 0 Å². The number of rotatable bonds is 8. The van der Waals surface area contributed by atoms with Crippen LogP contribution in [0.4, 0.5) is 0 Å². The molecule has 3 aliphatic rings. The third-order valence-corrected chi connectivity index (χ3v) is 7.26. The SMILES string of the molecule is CC1=CC(=O)CC(C)(C)C1(O)/C=C/C(C)O[C@@H]1O[C@H](CO[C@@H]2OC[C@](O)(CO)[C@H]2O)[C@@H](O)[C@H](O)[C@H]1O. The summed E-state index contributed by atoms with van der Waals surface area (Å²) in [5.74, 6) is -0.0732. The summed E-state index contributed by atoms with van der Waals surface area (Å²) < 4.78 is 21.9. The van der Waals surface area contributed by atoms with Gasteiger partial charge in [-0.2, -0.15) is 0 Å². The van der Waals surface area contributed by atoms with Crippen LogP contribution in [0.25, 0.3) is 0 Å². The molecule has 0 radical (unpaired) electrons. The lowest BCUT2D eigenvalue weighted by Crippen LogP contribution is -2.60. The molecular formula is C24H38O12. The predicted octanol–water partition coefficient (Wildman–Crippen LogP) is -2.11. The minimum Gasteiger partial charge on any atom is -0.393 e. The molecule has 2 heterocycles. The second-order valence-electron chi connectivity index (χ2n) is 10.6. The highest BCUT2D eigenvalue weighted by atomic mass is 16.7. The molecule has 36 heavy (non-hydrogen) atoms. The molecular weight excluding hydrogens is 480 g/mol. The summed E-state index contributed by atoms with van der Waals surface area (Å²) in [6.45, 7) is 5.33. The third kappa shape index (κ3) is 5.59. The zero-order valence-corrected chi connectivity index (χ0v) is 20.9. The van der Waals surface area contributed by atoms with E-state index in [1.807, 2.05) is 0 Å². The molecule has 206 valence electrons. The van der Waals surface area contributed by atoms with E-state index < -0.39 is 79.0 Å². The lowest BCUT2D eigenvalue weighted by molar-refractivity contribution is -0.314. The first-order valence-corrected chi connectivity index (χ1v) is 11.9. The quantitative estimate of drug-likeness (QED) is 0.173. The van der Waals surface area contributed by atoms with Crippen molar-refractivity contribution < 1.29 is 59.5 Å². The zero-order valence-electron chi connectivity index (χ0n) is 20.9. The Morgan fingerprint density at radius 1 is 1.14 bits per heavy atom. The van der Waals surface area contributed by atoms with E-state index in [0.717, 1.165) is 0 Å². The highest BCUT2D eigenvalue weighted by Gasteiger charge is 2.50. The summed E-state index contributed by atoms with van der Waals surface area (Å²) in [5.41, 5.74) is -3.58. The Hall–Kier alpha value is -1.29. The highest BCUT2D eigenvalue weighted by molar-refractivity contribution is 5.92. The van der Waals surface area contributed by atoms with Crippen molar-refractivity contribution in [1.82, 2.24) is 0 Å². The van der Waals surface area contributed by atoms with Crippen molar-refractivity contribution >= 4 is 5.78 Å². The van der Waals surface area contributed by atoms with Crippen LogP contribution in [0, 0.1) is 5.41 Å². The van der Waals surface area contributed by atoms with Gasteiger partial charge in [0.25, 0.3) is 0 Å². The average molecular weight is 519 g/mol. The molecule has 2 fully saturated rings. The van der Waals surface area contributed by atoms with E-state index in [1.54, 1.807) is 33.8 Å². The Morgan fingerprint density at radius 3 is 2.39 bits per heavy atom. The molecule has 12 nitrogen and oxygen atoms in total. The minimum absolute atomic E-state index is 0.0732. The number of aliphatic hydroxyl groups is 7. The number of carbonyl (C=O) groups is 1. The van der Waals surface area contributed by atoms with Crippen molar-refractivity contribution in [3.8, 4) is 0 Å². The first-order chi connectivity index (χ1) is 16.6. The maximum atomic E-state index is 11.9. The van der Waals surface area contributed by atoms with E-state index in [0.29, 0.717) is 5.57 Å². The van der Waals surface area contributed by atoms with Crippen LogP contribution in [-0.2, 0) is 23.7 Å². The first kappa shape index (κ1) is 29.3. The van der Waals surface area contributed by atoms with Gasteiger partial charge in [-0.3, -0.25) is 4.79 Å². The van der Waals surface area contributed by atoms with E-state index in [-0.39, 0.29) is 18.8 Å². The van der Waals surface area contributed by atoms with Crippen molar-refractivity contribution in [1.29, 1.82) is 0 Å². The lowest BCUT2D eigenvalue weighted by atomic mass is 9.64. The molecule has 0 aromatic rings. The molecule has 2 aliphatic heterocycles. The zero-order chi connectivity index (χ0) is 27.1. The smallest absolute Gasteiger partial charge is 0.187 e. The van der Waals surface area contributed by atoms with Crippen LogP contribution >= 0.6 is 0 Å². The predicted molar refractivity (Wildman–Crippen MR) is 122 cm³/mol.